The van der Waals surface area contributed by atoms with Crippen molar-refractivity contribution in [3.05, 3.63) is 60.2 Å². The standard InChI is InChI=1S/C23H26N2O2/c24-22(27)23(13-6-14-25(16-23)21(26)18-11-12-18)15-19-9-4-5-10-20(19)17-7-2-1-3-8-17/h1-5,7-10,18H,6,11-16H2,(H2,24,27). The van der Waals surface area contributed by atoms with Crippen molar-refractivity contribution in [3.8, 4) is 11.1 Å². The van der Waals surface area contributed by atoms with Gasteiger partial charge in [0.1, 0.15) is 0 Å². The number of hydrogen-bond acceptors (Lipinski definition) is 2. The largest absolute Gasteiger partial charge is 0.369 e. The first-order valence-corrected chi connectivity index (χ1v) is 9.81. The lowest BCUT2D eigenvalue weighted by Gasteiger charge is -2.41. The van der Waals surface area contributed by atoms with Crippen molar-refractivity contribution in [2.75, 3.05) is 13.1 Å². The molecule has 0 aromatic heterocycles. The van der Waals surface area contributed by atoms with Gasteiger partial charge in [-0.25, -0.2) is 0 Å². The van der Waals surface area contributed by atoms with Crippen LogP contribution in [0.15, 0.2) is 54.6 Å². The van der Waals surface area contributed by atoms with Crippen LogP contribution in [-0.2, 0) is 16.0 Å². The Morgan fingerprint density at radius 3 is 2.44 bits per heavy atom. The molecule has 27 heavy (non-hydrogen) atoms. The van der Waals surface area contributed by atoms with E-state index in [9.17, 15) is 9.59 Å². The van der Waals surface area contributed by atoms with Crippen LogP contribution in [0.3, 0.4) is 0 Å². The predicted molar refractivity (Wildman–Crippen MR) is 106 cm³/mol. The maximum Gasteiger partial charge on any atom is 0.225 e. The van der Waals surface area contributed by atoms with Crippen molar-refractivity contribution in [1.82, 2.24) is 4.90 Å². The molecule has 4 heteroatoms. The van der Waals surface area contributed by atoms with E-state index in [0.717, 1.165) is 48.9 Å². The Labute approximate surface area is 160 Å². The molecule has 1 aliphatic heterocycles. The number of benzene rings is 2. The quantitative estimate of drug-likeness (QED) is 0.886. The Balaban J connectivity index is 1.64. The van der Waals surface area contributed by atoms with Gasteiger partial charge >= 0.3 is 0 Å². The van der Waals surface area contributed by atoms with E-state index < -0.39 is 5.41 Å². The minimum absolute atomic E-state index is 0.172. The molecule has 1 unspecified atom stereocenters. The highest BCUT2D eigenvalue weighted by Gasteiger charge is 2.44. The van der Waals surface area contributed by atoms with Gasteiger partial charge in [0, 0.05) is 19.0 Å². The zero-order chi connectivity index (χ0) is 18.9. The number of primary amides is 1. The summed E-state index contributed by atoms with van der Waals surface area (Å²) >= 11 is 0. The van der Waals surface area contributed by atoms with Crippen molar-refractivity contribution < 1.29 is 9.59 Å². The van der Waals surface area contributed by atoms with Gasteiger partial charge in [0.15, 0.2) is 0 Å². The van der Waals surface area contributed by atoms with E-state index in [0.29, 0.717) is 13.0 Å². The SMILES string of the molecule is NC(=O)C1(Cc2ccccc2-c2ccccc2)CCCN(C(=O)C2CC2)C1. The molecule has 0 bridgehead atoms. The van der Waals surface area contributed by atoms with E-state index in [2.05, 4.69) is 24.3 Å². The molecule has 2 aromatic carbocycles. The second-order valence-electron chi connectivity index (χ2n) is 7.98. The van der Waals surface area contributed by atoms with Crippen molar-refractivity contribution in [3.63, 3.8) is 0 Å². The smallest absolute Gasteiger partial charge is 0.225 e. The molecular formula is C23H26N2O2. The first-order chi connectivity index (χ1) is 13.1. The number of nitrogens with zero attached hydrogens (tertiary/aromatic N) is 1. The molecule has 1 saturated heterocycles. The molecule has 0 spiro atoms. The third-order valence-electron chi connectivity index (χ3n) is 5.97. The lowest BCUT2D eigenvalue weighted by Crippen LogP contribution is -2.53. The van der Waals surface area contributed by atoms with E-state index in [1.165, 1.54) is 0 Å². The lowest BCUT2D eigenvalue weighted by molar-refractivity contribution is -0.140. The summed E-state index contributed by atoms with van der Waals surface area (Å²) in [5.41, 5.74) is 8.61. The van der Waals surface area contributed by atoms with Gasteiger partial charge in [-0.15, -0.1) is 0 Å². The third kappa shape index (κ3) is 3.61. The average molecular weight is 362 g/mol. The predicted octanol–water partition coefficient (Wildman–Crippen LogP) is 3.40. The van der Waals surface area contributed by atoms with Gasteiger partial charge in [0.25, 0.3) is 0 Å². The topological polar surface area (TPSA) is 63.4 Å². The highest BCUT2D eigenvalue weighted by Crippen LogP contribution is 2.39. The number of hydrogen-bond donors (Lipinski definition) is 1. The molecule has 4 nitrogen and oxygen atoms in total. The number of amides is 2. The molecular weight excluding hydrogens is 336 g/mol. The number of nitrogens with two attached hydrogens (primary N) is 1. The van der Waals surface area contributed by atoms with Crippen LogP contribution < -0.4 is 5.73 Å². The first kappa shape index (κ1) is 17.8. The van der Waals surface area contributed by atoms with Crippen LogP contribution in [0.5, 0.6) is 0 Å². The monoisotopic (exact) mass is 362 g/mol. The van der Waals surface area contributed by atoms with Crippen molar-refractivity contribution >= 4 is 11.8 Å². The number of carbonyl (C=O) groups is 2. The average Bonchev–Trinajstić information content (AvgIpc) is 3.54. The molecule has 4 rings (SSSR count). The molecule has 0 radical (unpaired) electrons. The molecule has 1 saturated carbocycles. The van der Waals surface area contributed by atoms with Crippen LogP contribution >= 0.6 is 0 Å². The fourth-order valence-corrected chi connectivity index (χ4v) is 4.28. The van der Waals surface area contributed by atoms with E-state index in [1.807, 2.05) is 35.2 Å². The lowest BCUT2D eigenvalue weighted by atomic mass is 9.73. The Kier molecular flexibility index (Phi) is 4.73. The first-order valence-electron chi connectivity index (χ1n) is 9.81. The second kappa shape index (κ2) is 7.18. The Morgan fingerprint density at radius 2 is 1.74 bits per heavy atom. The fourth-order valence-electron chi connectivity index (χ4n) is 4.28. The Hall–Kier alpha value is -2.62. The summed E-state index contributed by atoms with van der Waals surface area (Å²) in [6.07, 6.45) is 4.10. The fraction of sp³-hybridized carbons (Fsp3) is 0.391. The number of carbonyl (C=O) groups excluding carboxylic acids is 2. The van der Waals surface area contributed by atoms with Crippen LogP contribution in [0.1, 0.15) is 31.2 Å². The maximum absolute atomic E-state index is 12.6. The molecule has 1 heterocycles. The summed E-state index contributed by atoms with van der Waals surface area (Å²) in [5, 5.41) is 0. The highest BCUT2D eigenvalue weighted by molar-refractivity contribution is 5.85. The van der Waals surface area contributed by atoms with Crippen LogP contribution in [0.2, 0.25) is 0 Å². The van der Waals surface area contributed by atoms with Crippen LogP contribution in [0.25, 0.3) is 11.1 Å². The summed E-state index contributed by atoms with van der Waals surface area (Å²) in [6.45, 7) is 1.19. The summed E-state index contributed by atoms with van der Waals surface area (Å²) in [4.78, 5) is 27.0. The summed E-state index contributed by atoms with van der Waals surface area (Å²) in [6, 6.07) is 18.4. The molecule has 2 aromatic rings. The van der Waals surface area contributed by atoms with Gasteiger partial charge in [-0.3, -0.25) is 9.59 Å². The Bertz CT molecular complexity index is 844. The molecule has 2 N–H and O–H groups in total. The van der Waals surface area contributed by atoms with Gasteiger partial charge in [-0.1, -0.05) is 54.6 Å². The van der Waals surface area contributed by atoms with Gasteiger partial charge in [0.2, 0.25) is 11.8 Å². The van der Waals surface area contributed by atoms with Gasteiger partial charge in [-0.05, 0) is 48.8 Å². The van der Waals surface area contributed by atoms with Crippen LogP contribution in [0, 0.1) is 11.3 Å². The van der Waals surface area contributed by atoms with Gasteiger partial charge in [-0.2, -0.15) is 0 Å². The number of rotatable bonds is 5. The molecule has 2 aliphatic rings. The zero-order valence-electron chi connectivity index (χ0n) is 15.6. The highest BCUT2D eigenvalue weighted by atomic mass is 16.2. The third-order valence-corrected chi connectivity index (χ3v) is 5.97. The van der Waals surface area contributed by atoms with E-state index in [1.54, 1.807) is 0 Å². The van der Waals surface area contributed by atoms with Crippen molar-refractivity contribution in [2.24, 2.45) is 17.1 Å². The molecule has 2 fully saturated rings. The normalized spacial score (nSPS) is 22.4. The summed E-state index contributed by atoms with van der Waals surface area (Å²) in [7, 11) is 0. The molecule has 1 atom stereocenters. The van der Waals surface area contributed by atoms with Crippen LogP contribution in [-0.4, -0.2) is 29.8 Å². The molecule has 140 valence electrons. The molecule has 1 aliphatic carbocycles. The van der Waals surface area contributed by atoms with Gasteiger partial charge in [0.05, 0.1) is 5.41 Å². The number of likely N-dealkylation sites (tertiary alicyclic amines) is 1. The number of piperidine rings is 1. The van der Waals surface area contributed by atoms with Gasteiger partial charge < -0.3 is 10.6 Å². The Morgan fingerprint density at radius 1 is 1.04 bits per heavy atom. The minimum atomic E-state index is -0.687. The van der Waals surface area contributed by atoms with Crippen molar-refractivity contribution in [2.45, 2.75) is 32.1 Å². The maximum atomic E-state index is 12.6. The summed E-state index contributed by atoms with van der Waals surface area (Å²) < 4.78 is 0. The molecule has 2 amide bonds. The van der Waals surface area contributed by atoms with Crippen molar-refractivity contribution in [1.29, 1.82) is 0 Å². The van der Waals surface area contributed by atoms with E-state index in [-0.39, 0.29) is 17.7 Å². The summed E-state index contributed by atoms with van der Waals surface area (Å²) in [5.74, 6) is 0.0839. The second-order valence-corrected chi connectivity index (χ2v) is 7.98. The minimum Gasteiger partial charge on any atom is -0.369 e. The van der Waals surface area contributed by atoms with E-state index >= 15 is 0 Å². The van der Waals surface area contributed by atoms with Crippen LogP contribution in [0.4, 0.5) is 0 Å². The zero-order valence-corrected chi connectivity index (χ0v) is 15.6. The van der Waals surface area contributed by atoms with E-state index in [4.69, 9.17) is 5.73 Å².